The third kappa shape index (κ3) is 3.53. The second kappa shape index (κ2) is 6.89. The van der Waals surface area contributed by atoms with E-state index >= 15 is 0 Å². The summed E-state index contributed by atoms with van der Waals surface area (Å²) in [4.78, 5) is 14.1. The molecule has 0 saturated heterocycles. The molecule has 0 aliphatic heterocycles. The van der Waals surface area contributed by atoms with E-state index in [9.17, 15) is 9.18 Å². The van der Waals surface area contributed by atoms with Crippen molar-refractivity contribution >= 4 is 5.91 Å². The van der Waals surface area contributed by atoms with Crippen molar-refractivity contribution in [1.29, 1.82) is 0 Å². The summed E-state index contributed by atoms with van der Waals surface area (Å²) < 4.78 is 18.6. The van der Waals surface area contributed by atoms with E-state index < -0.39 is 5.82 Å². The summed E-state index contributed by atoms with van der Waals surface area (Å²) in [6, 6.07) is 4.78. The van der Waals surface area contributed by atoms with Crippen LogP contribution >= 0.6 is 0 Å². The Morgan fingerprint density at radius 3 is 2.86 bits per heavy atom. The first-order valence-corrected chi connectivity index (χ1v) is 7.34. The van der Waals surface area contributed by atoms with Crippen LogP contribution in [0.2, 0.25) is 0 Å². The minimum atomic E-state index is -0.406. The number of rotatable bonds is 5. The zero-order chi connectivity index (χ0) is 15.4. The minimum absolute atomic E-state index is 0.0168. The van der Waals surface area contributed by atoms with Crippen molar-refractivity contribution in [1.82, 2.24) is 4.90 Å². The highest BCUT2D eigenvalue weighted by Crippen LogP contribution is 2.32. The first-order chi connectivity index (χ1) is 10.1. The number of nitrogens with zero attached hydrogens (tertiary/aromatic N) is 1. The Morgan fingerprint density at radius 2 is 2.24 bits per heavy atom. The van der Waals surface area contributed by atoms with Crippen LogP contribution in [0, 0.1) is 17.7 Å². The normalized spacial score (nSPS) is 21.3. The molecule has 1 aromatic rings. The molecule has 2 atom stereocenters. The molecule has 0 radical (unpaired) electrons. The third-order valence-electron chi connectivity index (χ3n) is 4.29. The van der Waals surface area contributed by atoms with Gasteiger partial charge in [0, 0.05) is 19.5 Å². The van der Waals surface area contributed by atoms with Gasteiger partial charge in [-0.05, 0) is 43.0 Å². The lowest BCUT2D eigenvalue weighted by Crippen LogP contribution is -2.36. The summed E-state index contributed by atoms with van der Waals surface area (Å²) in [7, 11) is 3.19. The fourth-order valence-corrected chi connectivity index (χ4v) is 3.09. The number of hydrogen-bond donors (Lipinski definition) is 1. The molecule has 1 aromatic carbocycles. The number of benzene rings is 1. The van der Waals surface area contributed by atoms with Crippen molar-refractivity contribution in [2.24, 2.45) is 17.6 Å². The molecule has 2 N–H and O–H groups in total. The highest BCUT2D eigenvalue weighted by Gasteiger charge is 2.33. The molecule has 1 fully saturated rings. The lowest BCUT2D eigenvalue weighted by atomic mass is 9.95. The summed E-state index contributed by atoms with van der Waals surface area (Å²) in [5.41, 5.74) is 6.49. The van der Waals surface area contributed by atoms with Gasteiger partial charge >= 0.3 is 0 Å². The standard InChI is InChI=1S/C16H23FN2O2/c1-19(16(20)13-5-3-4-12(13)9-18)10-11-6-7-15(21-2)14(17)8-11/h6-8,12-13H,3-5,9-10,18H2,1-2H3. The van der Waals surface area contributed by atoms with Crippen LogP contribution in [-0.2, 0) is 11.3 Å². The molecule has 2 unspecified atom stereocenters. The van der Waals surface area contributed by atoms with E-state index in [1.807, 2.05) is 0 Å². The quantitative estimate of drug-likeness (QED) is 0.905. The Balaban J connectivity index is 2.02. The maximum atomic E-state index is 13.7. The lowest BCUT2D eigenvalue weighted by Gasteiger charge is -2.24. The van der Waals surface area contributed by atoms with Gasteiger partial charge in [0.15, 0.2) is 11.6 Å². The second-order valence-corrected chi connectivity index (χ2v) is 5.70. The van der Waals surface area contributed by atoms with Crippen molar-refractivity contribution in [2.45, 2.75) is 25.8 Å². The molecular formula is C16H23FN2O2. The van der Waals surface area contributed by atoms with E-state index in [0.717, 1.165) is 24.8 Å². The molecule has 0 bridgehead atoms. The van der Waals surface area contributed by atoms with Crippen LogP contribution in [0.5, 0.6) is 5.75 Å². The van der Waals surface area contributed by atoms with Crippen LogP contribution in [0.1, 0.15) is 24.8 Å². The van der Waals surface area contributed by atoms with Gasteiger partial charge in [0.1, 0.15) is 0 Å². The molecule has 1 saturated carbocycles. The van der Waals surface area contributed by atoms with E-state index in [2.05, 4.69) is 0 Å². The van der Waals surface area contributed by atoms with E-state index in [1.165, 1.54) is 13.2 Å². The fourth-order valence-electron chi connectivity index (χ4n) is 3.09. The molecule has 0 spiro atoms. The molecule has 116 valence electrons. The van der Waals surface area contributed by atoms with Gasteiger partial charge in [-0.15, -0.1) is 0 Å². The van der Waals surface area contributed by atoms with Crippen LogP contribution in [0.15, 0.2) is 18.2 Å². The molecule has 1 aliphatic rings. The van der Waals surface area contributed by atoms with Crippen molar-refractivity contribution in [3.05, 3.63) is 29.6 Å². The van der Waals surface area contributed by atoms with E-state index in [0.29, 0.717) is 13.1 Å². The Bertz CT molecular complexity index is 507. The SMILES string of the molecule is COc1ccc(CN(C)C(=O)C2CCCC2CN)cc1F. The van der Waals surface area contributed by atoms with Gasteiger partial charge in [-0.1, -0.05) is 12.5 Å². The maximum absolute atomic E-state index is 13.7. The third-order valence-corrected chi connectivity index (χ3v) is 4.29. The summed E-state index contributed by atoms with van der Waals surface area (Å²) >= 11 is 0. The van der Waals surface area contributed by atoms with Gasteiger partial charge < -0.3 is 15.4 Å². The number of ether oxygens (including phenoxy) is 1. The summed E-state index contributed by atoms with van der Waals surface area (Å²) in [5, 5.41) is 0. The molecule has 4 nitrogen and oxygen atoms in total. The molecule has 1 aliphatic carbocycles. The van der Waals surface area contributed by atoms with Gasteiger partial charge in [0.2, 0.25) is 5.91 Å². The summed E-state index contributed by atoms with van der Waals surface area (Å²) in [5.74, 6) is 0.220. The average Bonchev–Trinajstić information content (AvgIpc) is 2.95. The highest BCUT2D eigenvalue weighted by molar-refractivity contribution is 5.79. The number of carbonyl (C=O) groups is 1. The predicted molar refractivity (Wildman–Crippen MR) is 79.3 cm³/mol. The molecule has 0 heterocycles. The fraction of sp³-hybridized carbons (Fsp3) is 0.562. The Hall–Kier alpha value is -1.62. The van der Waals surface area contributed by atoms with Crippen LogP contribution in [0.25, 0.3) is 0 Å². The molecule has 0 aromatic heterocycles. The Kier molecular flexibility index (Phi) is 5.17. The second-order valence-electron chi connectivity index (χ2n) is 5.70. The number of amides is 1. The zero-order valence-electron chi connectivity index (χ0n) is 12.6. The average molecular weight is 294 g/mol. The largest absolute Gasteiger partial charge is 0.494 e. The van der Waals surface area contributed by atoms with Crippen molar-refractivity contribution < 1.29 is 13.9 Å². The van der Waals surface area contributed by atoms with Crippen molar-refractivity contribution in [2.75, 3.05) is 20.7 Å². The van der Waals surface area contributed by atoms with E-state index in [4.69, 9.17) is 10.5 Å². The lowest BCUT2D eigenvalue weighted by molar-refractivity contribution is -0.135. The summed E-state index contributed by atoms with van der Waals surface area (Å²) in [6.45, 7) is 0.953. The van der Waals surface area contributed by atoms with Gasteiger partial charge in [0.25, 0.3) is 0 Å². The Labute approximate surface area is 125 Å². The summed E-state index contributed by atoms with van der Waals surface area (Å²) in [6.07, 6.45) is 2.99. The number of halogens is 1. The van der Waals surface area contributed by atoms with E-state index in [1.54, 1.807) is 24.1 Å². The smallest absolute Gasteiger partial charge is 0.226 e. The first-order valence-electron chi connectivity index (χ1n) is 7.34. The Morgan fingerprint density at radius 1 is 1.48 bits per heavy atom. The number of methoxy groups -OCH3 is 1. The van der Waals surface area contributed by atoms with E-state index in [-0.39, 0.29) is 23.5 Å². The van der Waals surface area contributed by atoms with Crippen LogP contribution in [-0.4, -0.2) is 31.5 Å². The first kappa shape index (κ1) is 15.8. The van der Waals surface area contributed by atoms with Crippen LogP contribution < -0.4 is 10.5 Å². The molecule has 21 heavy (non-hydrogen) atoms. The monoisotopic (exact) mass is 294 g/mol. The molecule has 5 heteroatoms. The predicted octanol–water partition coefficient (Wildman–Crippen LogP) is 2.17. The molecular weight excluding hydrogens is 271 g/mol. The van der Waals surface area contributed by atoms with Crippen LogP contribution in [0.4, 0.5) is 4.39 Å². The van der Waals surface area contributed by atoms with Crippen molar-refractivity contribution in [3.63, 3.8) is 0 Å². The van der Waals surface area contributed by atoms with Crippen LogP contribution in [0.3, 0.4) is 0 Å². The highest BCUT2D eigenvalue weighted by atomic mass is 19.1. The number of carbonyl (C=O) groups excluding carboxylic acids is 1. The molecule has 1 amide bonds. The molecule has 2 rings (SSSR count). The zero-order valence-corrected chi connectivity index (χ0v) is 12.6. The van der Waals surface area contributed by atoms with Gasteiger partial charge in [-0.3, -0.25) is 4.79 Å². The topological polar surface area (TPSA) is 55.6 Å². The maximum Gasteiger partial charge on any atom is 0.226 e. The minimum Gasteiger partial charge on any atom is -0.494 e. The van der Waals surface area contributed by atoms with Gasteiger partial charge in [0.05, 0.1) is 7.11 Å². The van der Waals surface area contributed by atoms with Gasteiger partial charge in [-0.25, -0.2) is 4.39 Å². The number of nitrogens with two attached hydrogens (primary N) is 1. The van der Waals surface area contributed by atoms with Crippen molar-refractivity contribution in [3.8, 4) is 5.75 Å². The number of hydrogen-bond acceptors (Lipinski definition) is 3. The van der Waals surface area contributed by atoms with Gasteiger partial charge in [-0.2, -0.15) is 0 Å².